The Kier molecular flexibility index (Phi) is 4.80. The van der Waals surface area contributed by atoms with Crippen LogP contribution < -0.4 is 0 Å². The summed E-state index contributed by atoms with van der Waals surface area (Å²) >= 11 is 5.94. The van der Waals surface area contributed by atoms with Gasteiger partial charge in [0.1, 0.15) is 12.4 Å². The fourth-order valence-electron chi connectivity index (χ4n) is 2.62. The number of piperazine rings is 1. The Morgan fingerprint density at radius 3 is 2.50 bits per heavy atom. The largest absolute Gasteiger partial charge is 0.338 e. The van der Waals surface area contributed by atoms with Crippen molar-refractivity contribution in [1.82, 2.24) is 19.6 Å². The monoisotopic (exact) mass is 350 g/mol. The summed E-state index contributed by atoms with van der Waals surface area (Å²) in [7, 11) is 0. The topological polar surface area (TPSA) is 58.4 Å². The Morgan fingerprint density at radius 1 is 1.17 bits per heavy atom. The van der Waals surface area contributed by atoms with E-state index in [-0.39, 0.29) is 28.9 Å². The van der Waals surface area contributed by atoms with E-state index in [2.05, 4.69) is 5.10 Å². The summed E-state index contributed by atoms with van der Waals surface area (Å²) in [5, 5.41) is 4.10. The van der Waals surface area contributed by atoms with E-state index in [9.17, 15) is 14.0 Å². The van der Waals surface area contributed by atoms with E-state index >= 15 is 0 Å². The van der Waals surface area contributed by atoms with Crippen LogP contribution in [0.25, 0.3) is 0 Å². The highest BCUT2D eigenvalue weighted by molar-refractivity contribution is 6.33. The maximum atomic E-state index is 13.1. The van der Waals surface area contributed by atoms with Gasteiger partial charge in [-0.25, -0.2) is 4.39 Å². The molecule has 126 valence electrons. The first kappa shape index (κ1) is 16.4. The van der Waals surface area contributed by atoms with Crippen molar-refractivity contribution in [2.24, 2.45) is 0 Å². The summed E-state index contributed by atoms with van der Waals surface area (Å²) < 4.78 is 14.7. The molecule has 24 heavy (non-hydrogen) atoms. The number of rotatable bonds is 3. The maximum absolute atomic E-state index is 13.1. The molecule has 1 aromatic carbocycles. The summed E-state index contributed by atoms with van der Waals surface area (Å²) in [6.07, 6.45) is 3.35. The zero-order valence-corrected chi connectivity index (χ0v) is 13.6. The first-order valence-electron chi connectivity index (χ1n) is 7.54. The van der Waals surface area contributed by atoms with Gasteiger partial charge in [-0.2, -0.15) is 5.10 Å². The summed E-state index contributed by atoms with van der Waals surface area (Å²) in [6.45, 7) is 1.91. The van der Waals surface area contributed by atoms with Crippen LogP contribution in [-0.4, -0.2) is 57.6 Å². The van der Waals surface area contributed by atoms with Crippen molar-refractivity contribution in [1.29, 1.82) is 0 Å². The first-order chi connectivity index (χ1) is 11.5. The van der Waals surface area contributed by atoms with Gasteiger partial charge < -0.3 is 9.80 Å². The summed E-state index contributed by atoms with van der Waals surface area (Å²) in [6, 6.07) is 5.48. The molecule has 0 saturated carbocycles. The second-order valence-corrected chi connectivity index (χ2v) is 5.91. The first-order valence-corrected chi connectivity index (χ1v) is 7.92. The molecule has 3 rings (SSSR count). The van der Waals surface area contributed by atoms with Crippen LogP contribution in [0.4, 0.5) is 4.39 Å². The number of hydrogen-bond acceptors (Lipinski definition) is 3. The van der Waals surface area contributed by atoms with E-state index in [4.69, 9.17) is 11.6 Å². The van der Waals surface area contributed by atoms with Crippen molar-refractivity contribution < 1.29 is 14.0 Å². The van der Waals surface area contributed by atoms with Gasteiger partial charge in [0.2, 0.25) is 5.91 Å². The average molecular weight is 351 g/mol. The lowest BCUT2D eigenvalue weighted by Gasteiger charge is -2.35. The molecule has 6 nitrogen and oxygen atoms in total. The van der Waals surface area contributed by atoms with Crippen LogP contribution in [0.5, 0.6) is 0 Å². The molecule has 1 saturated heterocycles. The van der Waals surface area contributed by atoms with Crippen molar-refractivity contribution >= 4 is 23.4 Å². The number of amides is 2. The average Bonchev–Trinajstić information content (AvgIpc) is 3.07. The highest BCUT2D eigenvalue weighted by Gasteiger charge is 2.26. The van der Waals surface area contributed by atoms with Crippen LogP contribution in [0.2, 0.25) is 5.02 Å². The van der Waals surface area contributed by atoms with Gasteiger partial charge in [0.25, 0.3) is 5.91 Å². The molecule has 2 aromatic rings. The minimum atomic E-state index is -0.481. The Balaban J connectivity index is 1.58. The normalized spacial score (nSPS) is 14.8. The lowest BCUT2D eigenvalue weighted by atomic mass is 10.1. The molecule has 1 aliphatic rings. The van der Waals surface area contributed by atoms with Gasteiger partial charge in [-0.1, -0.05) is 11.6 Å². The molecule has 0 bridgehead atoms. The molecule has 0 aliphatic carbocycles. The lowest BCUT2D eigenvalue weighted by Crippen LogP contribution is -2.51. The van der Waals surface area contributed by atoms with E-state index < -0.39 is 5.82 Å². The van der Waals surface area contributed by atoms with Crippen LogP contribution in [0, 0.1) is 5.82 Å². The molecule has 0 N–H and O–H groups in total. The Bertz CT molecular complexity index is 743. The van der Waals surface area contributed by atoms with E-state index in [0.29, 0.717) is 26.2 Å². The SMILES string of the molecule is O=C(Cn1cccn1)N1CCN(C(=O)c2ccc(F)cc2Cl)CC1. The van der Waals surface area contributed by atoms with Crippen LogP contribution in [0.1, 0.15) is 10.4 Å². The van der Waals surface area contributed by atoms with Crippen LogP contribution in [0.15, 0.2) is 36.7 Å². The van der Waals surface area contributed by atoms with Crippen LogP contribution in [-0.2, 0) is 11.3 Å². The zero-order chi connectivity index (χ0) is 17.1. The van der Waals surface area contributed by atoms with E-state index in [0.717, 1.165) is 6.07 Å². The molecule has 0 atom stereocenters. The quantitative estimate of drug-likeness (QED) is 0.846. The summed E-state index contributed by atoms with van der Waals surface area (Å²) in [5.74, 6) is -0.768. The standard InChI is InChI=1S/C16H16ClFN4O2/c17-14-10-12(18)2-3-13(14)16(24)21-8-6-20(7-9-21)15(23)11-22-5-1-4-19-22/h1-5,10H,6-9,11H2. The number of nitrogens with zero attached hydrogens (tertiary/aromatic N) is 4. The highest BCUT2D eigenvalue weighted by atomic mass is 35.5. The minimum Gasteiger partial charge on any atom is -0.338 e. The van der Waals surface area contributed by atoms with E-state index in [1.165, 1.54) is 12.1 Å². The third kappa shape index (κ3) is 3.56. The van der Waals surface area contributed by atoms with Gasteiger partial charge >= 0.3 is 0 Å². The molecule has 1 fully saturated rings. The highest BCUT2D eigenvalue weighted by Crippen LogP contribution is 2.20. The van der Waals surface area contributed by atoms with Crippen molar-refractivity contribution in [3.63, 3.8) is 0 Å². The number of halogens is 2. The van der Waals surface area contributed by atoms with Gasteiger partial charge in [-0.15, -0.1) is 0 Å². The van der Waals surface area contributed by atoms with E-state index in [1.807, 2.05) is 0 Å². The van der Waals surface area contributed by atoms with Crippen molar-refractivity contribution in [2.75, 3.05) is 26.2 Å². The fourth-order valence-corrected chi connectivity index (χ4v) is 2.87. The van der Waals surface area contributed by atoms with Crippen molar-refractivity contribution in [3.8, 4) is 0 Å². The third-order valence-corrected chi connectivity index (χ3v) is 4.25. The molecule has 0 radical (unpaired) electrons. The molecule has 1 aromatic heterocycles. The minimum absolute atomic E-state index is 0.0365. The second-order valence-electron chi connectivity index (χ2n) is 5.50. The number of hydrogen-bond donors (Lipinski definition) is 0. The number of benzene rings is 1. The molecule has 0 unspecified atom stereocenters. The lowest BCUT2D eigenvalue weighted by molar-refractivity contribution is -0.133. The smallest absolute Gasteiger partial charge is 0.255 e. The summed E-state index contributed by atoms with van der Waals surface area (Å²) in [4.78, 5) is 28.0. The Hall–Kier alpha value is -2.41. The molecule has 8 heteroatoms. The van der Waals surface area contributed by atoms with Crippen molar-refractivity contribution in [2.45, 2.75) is 6.54 Å². The van der Waals surface area contributed by atoms with Crippen molar-refractivity contribution in [3.05, 3.63) is 53.1 Å². The Labute approximate surface area is 143 Å². The molecular weight excluding hydrogens is 335 g/mol. The number of aromatic nitrogens is 2. The third-order valence-electron chi connectivity index (χ3n) is 3.94. The second kappa shape index (κ2) is 7.00. The number of carbonyl (C=O) groups is 2. The van der Waals surface area contributed by atoms with Crippen LogP contribution >= 0.6 is 11.6 Å². The number of carbonyl (C=O) groups excluding carboxylic acids is 2. The molecule has 0 spiro atoms. The van der Waals surface area contributed by atoms with E-state index in [1.54, 1.807) is 32.9 Å². The summed E-state index contributed by atoms with van der Waals surface area (Å²) in [5.41, 5.74) is 0.273. The zero-order valence-electron chi connectivity index (χ0n) is 12.9. The van der Waals surface area contributed by atoms with Gasteiger partial charge in [-0.3, -0.25) is 14.3 Å². The molecular formula is C16H16ClFN4O2. The van der Waals surface area contributed by atoms with Gasteiger partial charge in [-0.05, 0) is 24.3 Å². The van der Waals surface area contributed by atoms with Gasteiger partial charge in [0, 0.05) is 38.6 Å². The molecule has 1 aliphatic heterocycles. The fraction of sp³-hybridized carbons (Fsp3) is 0.312. The van der Waals surface area contributed by atoms with Gasteiger partial charge in [0.05, 0.1) is 10.6 Å². The van der Waals surface area contributed by atoms with Crippen LogP contribution in [0.3, 0.4) is 0 Å². The Morgan fingerprint density at radius 2 is 1.88 bits per heavy atom. The predicted octanol–water partition coefficient (Wildman–Crippen LogP) is 1.66. The molecule has 2 amide bonds. The maximum Gasteiger partial charge on any atom is 0.255 e. The predicted molar refractivity (Wildman–Crippen MR) is 86.1 cm³/mol. The van der Waals surface area contributed by atoms with Gasteiger partial charge in [0.15, 0.2) is 0 Å². The molecule has 2 heterocycles.